The Hall–Kier alpha value is -0.0500. The van der Waals surface area contributed by atoms with Gasteiger partial charge in [0.2, 0.25) is 5.91 Å². The summed E-state index contributed by atoms with van der Waals surface area (Å²) in [6, 6.07) is 0. The van der Waals surface area contributed by atoms with Crippen LogP contribution in [-0.4, -0.2) is 36.3 Å². The van der Waals surface area contributed by atoms with Crippen molar-refractivity contribution in [2.75, 3.05) is 24.2 Å². The molecular formula is C9H15F3INO2. The van der Waals surface area contributed by atoms with Crippen molar-refractivity contribution >= 4 is 28.5 Å². The molecule has 0 aromatic carbocycles. The van der Waals surface area contributed by atoms with E-state index in [4.69, 9.17) is 0 Å². The molecular weight excluding hydrogens is 338 g/mol. The van der Waals surface area contributed by atoms with E-state index in [0.717, 1.165) is 23.7 Å². The average molecular weight is 353 g/mol. The minimum atomic E-state index is -4.37. The summed E-state index contributed by atoms with van der Waals surface area (Å²) in [5, 5.41) is 2.49. The van der Waals surface area contributed by atoms with Gasteiger partial charge in [-0.1, -0.05) is 29.0 Å². The third-order valence-corrected chi connectivity index (χ3v) is 2.39. The summed E-state index contributed by atoms with van der Waals surface area (Å²) in [4.78, 5) is 11.0. The zero-order valence-corrected chi connectivity index (χ0v) is 10.9. The van der Waals surface area contributed by atoms with Gasteiger partial charge in [-0.3, -0.25) is 4.79 Å². The quantitative estimate of drug-likeness (QED) is 0.413. The highest BCUT2D eigenvalue weighted by atomic mass is 127. The molecule has 0 bridgehead atoms. The number of alkyl halides is 4. The molecule has 3 nitrogen and oxygen atoms in total. The predicted molar refractivity (Wildman–Crippen MR) is 62.6 cm³/mol. The average Bonchev–Trinajstić information content (AvgIpc) is 2.15. The summed E-state index contributed by atoms with van der Waals surface area (Å²) < 4.78 is 40.2. The summed E-state index contributed by atoms with van der Waals surface area (Å²) in [6.07, 6.45) is -1.44. The summed E-state index contributed by atoms with van der Waals surface area (Å²) in [5.74, 6) is -0.501. The van der Waals surface area contributed by atoms with E-state index < -0.39 is 25.3 Å². The molecule has 1 N–H and O–H groups in total. The van der Waals surface area contributed by atoms with Crippen LogP contribution in [0.25, 0.3) is 0 Å². The lowest BCUT2D eigenvalue weighted by Crippen LogP contribution is -2.30. The Kier molecular flexibility index (Phi) is 9.00. The van der Waals surface area contributed by atoms with Crippen LogP contribution in [0.3, 0.4) is 0 Å². The SMILES string of the molecule is O=C(COCC(F)(F)F)NCCCCCI. The van der Waals surface area contributed by atoms with Gasteiger partial charge in [-0.25, -0.2) is 0 Å². The van der Waals surface area contributed by atoms with E-state index in [9.17, 15) is 18.0 Å². The van der Waals surface area contributed by atoms with E-state index in [1.807, 2.05) is 0 Å². The van der Waals surface area contributed by atoms with Gasteiger partial charge in [-0.15, -0.1) is 0 Å². The molecule has 0 aromatic rings. The van der Waals surface area contributed by atoms with E-state index in [1.165, 1.54) is 0 Å². The van der Waals surface area contributed by atoms with Gasteiger partial charge < -0.3 is 10.1 Å². The third-order valence-electron chi connectivity index (χ3n) is 1.63. The molecule has 96 valence electrons. The highest BCUT2D eigenvalue weighted by molar-refractivity contribution is 14.1. The summed E-state index contributed by atoms with van der Waals surface area (Å²) in [6.45, 7) is -1.42. The normalized spacial score (nSPS) is 11.5. The molecule has 0 aliphatic heterocycles. The lowest BCUT2D eigenvalue weighted by molar-refractivity contribution is -0.175. The molecule has 0 unspecified atom stereocenters. The van der Waals surface area contributed by atoms with Crippen molar-refractivity contribution in [3.63, 3.8) is 0 Å². The second-order valence-electron chi connectivity index (χ2n) is 3.21. The number of rotatable bonds is 8. The minimum absolute atomic E-state index is 0.491. The van der Waals surface area contributed by atoms with Crippen molar-refractivity contribution in [2.24, 2.45) is 0 Å². The zero-order valence-electron chi connectivity index (χ0n) is 8.78. The number of nitrogens with one attached hydrogen (secondary N) is 1. The summed E-state index contributed by atoms with van der Waals surface area (Å²) in [7, 11) is 0. The molecule has 0 heterocycles. The van der Waals surface area contributed by atoms with Crippen LogP contribution in [-0.2, 0) is 9.53 Å². The smallest absolute Gasteiger partial charge is 0.362 e. The van der Waals surface area contributed by atoms with Crippen LogP contribution >= 0.6 is 22.6 Å². The standard InChI is InChI=1S/C9H15F3INO2/c10-9(11,12)7-16-6-8(15)14-5-3-1-2-4-13/h1-7H2,(H,14,15). The van der Waals surface area contributed by atoms with Crippen LogP contribution in [0.1, 0.15) is 19.3 Å². The maximum absolute atomic E-state index is 11.6. The second-order valence-corrected chi connectivity index (χ2v) is 4.29. The predicted octanol–water partition coefficient (Wildman–Crippen LogP) is 2.29. The van der Waals surface area contributed by atoms with Crippen LogP contribution < -0.4 is 5.32 Å². The monoisotopic (exact) mass is 353 g/mol. The number of carbonyl (C=O) groups is 1. The van der Waals surface area contributed by atoms with E-state index in [2.05, 4.69) is 32.6 Å². The number of halogens is 4. The summed E-state index contributed by atoms with van der Waals surface area (Å²) >= 11 is 2.26. The largest absolute Gasteiger partial charge is 0.411 e. The summed E-state index contributed by atoms with van der Waals surface area (Å²) in [5.41, 5.74) is 0. The van der Waals surface area contributed by atoms with Gasteiger partial charge in [0, 0.05) is 6.54 Å². The number of ether oxygens (including phenoxy) is 1. The fourth-order valence-corrected chi connectivity index (χ4v) is 1.47. The molecule has 0 spiro atoms. The molecule has 0 saturated carbocycles. The lowest BCUT2D eigenvalue weighted by atomic mass is 10.2. The first-order valence-corrected chi connectivity index (χ1v) is 6.45. The van der Waals surface area contributed by atoms with Crippen molar-refractivity contribution in [3.05, 3.63) is 0 Å². The Morgan fingerprint density at radius 2 is 1.94 bits per heavy atom. The maximum atomic E-state index is 11.6. The van der Waals surface area contributed by atoms with Crippen molar-refractivity contribution in [3.8, 4) is 0 Å². The van der Waals surface area contributed by atoms with E-state index in [1.54, 1.807) is 0 Å². The van der Waals surface area contributed by atoms with Gasteiger partial charge in [0.25, 0.3) is 0 Å². The Morgan fingerprint density at radius 1 is 1.25 bits per heavy atom. The van der Waals surface area contributed by atoms with Crippen molar-refractivity contribution < 1.29 is 22.7 Å². The number of unbranched alkanes of at least 4 members (excludes halogenated alkanes) is 2. The highest BCUT2D eigenvalue weighted by Gasteiger charge is 2.27. The van der Waals surface area contributed by atoms with Crippen LogP contribution in [0.2, 0.25) is 0 Å². The van der Waals surface area contributed by atoms with Gasteiger partial charge in [0.15, 0.2) is 0 Å². The van der Waals surface area contributed by atoms with Gasteiger partial charge in [0.05, 0.1) is 0 Å². The fourth-order valence-electron chi connectivity index (χ4n) is 0.935. The Morgan fingerprint density at radius 3 is 2.50 bits per heavy atom. The topological polar surface area (TPSA) is 38.3 Å². The molecule has 0 radical (unpaired) electrons. The third kappa shape index (κ3) is 12.0. The molecule has 0 aliphatic carbocycles. The van der Waals surface area contributed by atoms with Crippen LogP contribution in [0, 0.1) is 0 Å². The van der Waals surface area contributed by atoms with Crippen molar-refractivity contribution in [2.45, 2.75) is 25.4 Å². The number of amides is 1. The molecule has 0 saturated heterocycles. The number of carbonyl (C=O) groups excluding carboxylic acids is 1. The Labute approximate surface area is 106 Å². The Bertz CT molecular complexity index is 200. The molecule has 0 atom stereocenters. The van der Waals surface area contributed by atoms with Crippen molar-refractivity contribution in [1.82, 2.24) is 5.32 Å². The number of hydrogen-bond acceptors (Lipinski definition) is 2. The van der Waals surface area contributed by atoms with E-state index in [-0.39, 0.29) is 0 Å². The molecule has 0 fully saturated rings. The first-order valence-electron chi connectivity index (χ1n) is 4.93. The fraction of sp³-hybridized carbons (Fsp3) is 0.889. The molecule has 0 rings (SSSR count). The number of hydrogen-bond donors (Lipinski definition) is 1. The van der Waals surface area contributed by atoms with Crippen LogP contribution in [0.4, 0.5) is 13.2 Å². The second kappa shape index (κ2) is 9.03. The minimum Gasteiger partial charge on any atom is -0.362 e. The van der Waals surface area contributed by atoms with Crippen LogP contribution in [0.15, 0.2) is 0 Å². The zero-order chi connectivity index (χ0) is 12.4. The highest BCUT2D eigenvalue weighted by Crippen LogP contribution is 2.13. The molecule has 1 amide bonds. The molecule has 0 aliphatic rings. The Balaban J connectivity index is 3.32. The van der Waals surface area contributed by atoms with Crippen LogP contribution in [0.5, 0.6) is 0 Å². The van der Waals surface area contributed by atoms with E-state index >= 15 is 0 Å². The first-order chi connectivity index (χ1) is 7.45. The van der Waals surface area contributed by atoms with E-state index in [0.29, 0.717) is 6.54 Å². The molecule has 0 aromatic heterocycles. The van der Waals surface area contributed by atoms with Gasteiger partial charge in [-0.05, 0) is 17.3 Å². The van der Waals surface area contributed by atoms with Gasteiger partial charge in [0.1, 0.15) is 13.2 Å². The van der Waals surface area contributed by atoms with Gasteiger partial charge >= 0.3 is 6.18 Å². The molecule has 7 heteroatoms. The van der Waals surface area contributed by atoms with Gasteiger partial charge in [-0.2, -0.15) is 13.2 Å². The first kappa shape index (κ1) is 16.0. The lowest BCUT2D eigenvalue weighted by Gasteiger charge is -2.08. The maximum Gasteiger partial charge on any atom is 0.411 e. The van der Waals surface area contributed by atoms with Crippen molar-refractivity contribution in [1.29, 1.82) is 0 Å². The molecule has 16 heavy (non-hydrogen) atoms.